The molecular weight excluding hydrogens is 320 g/mol. The first-order valence-electron chi connectivity index (χ1n) is 8.96. The molecule has 0 amide bonds. The average molecular weight is 346 g/mol. The zero-order valence-corrected chi connectivity index (χ0v) is 15.4. The van der Waals surface area contributed by atoms with Crippen molar-refractivity contribution in [3.63, 3.8) is 0 Å². The van der Waals surface area contributed by atoms with E-state index in [-0.39, 0.29) is 0 Å². The van der Waals surface area contributed by atoms with Crippen LogP contribution in [0.3, 0.4) is 0 Å². The molecule has 3 aromatic rings. The predicted octanol–water partition coefficient (Wildman–Crippen LogP) is 4.97. The fourth-order valence-corrected chi connectivity index (χ4v) is 2.88. The number of rotatable bonds is 6. The van der Waals surface area contributed by atoms with Crippen LogP contribution in [0, 0.1) is 0 Å². The lowest BCUT2D eigenvalue weighted by Gasteiger charge is -2.11. The summed E-state index contributed by atoms with van der Waals surface area (Å²) in [6.45, 7) is 4.91. The van der Waals surface area contributed by atoms with Gasteiger partial charge in [-0.2, -0.15) is 0 Å². The summed E-state index contributed by atoms with van der Waals surface area (Å²) in [5, 5.41) is 0. The van der Waals surface area contributed by atoms with E-state index >= 15 is 0 Å². The number of ether oxygens (including phenoxy) is 1. The monoisotopic (exact) mass is 346 g/mol. The lowest BCUT2D eigenvalue weighted by atomic mass is 10.0. The Balaban J connectivity index is 1.72. The van der Waals surface area contributed by atoms with Gasteiger partial charge in [0.05, 0.1) is 6.17 Å². The van der Waals surface area contributed by atoms with Gasteiger partial charge in [0.25, 0.3) is 0 Å². The Hall–Kier alpha value is -2.62. The smallest absolute Gasteiger partial charge is 0.119 e. The van der Waals surface area contributed by atoms with Gasteiger partial charge in [0.1, 0.15) is 12.4 Å². The number of hydrogen-bond donors (Lipinski definition) is 2. The second-order valence-corrected chi connectivity index (χ2v) is 6.86. The van der Waals surface area contributed by atoms with Gasteiger partial charge in [-0.25, -0.2) is 0 Å². The minimum atomic E-state index is -0.463. The lowest BCUT2D eigenvalue weighted by Crippen LogP contribution is -2.19. The van der Waals surface area contributed by atoms with Gasteiger partial charge in [0.15, 0.2) is 0 Å². The predicted molar refractivity (Wildman–Crippen MR) is 108 cm³/mol. The Morgan fingerprint density at radius 2 is 1.42 bits per heavy atom. The molecule has 4 N–H and O–H groups in total. The Kier molecular flexibility index (Phi) is 5.71. The summed E-state index contributed by atoms with van der Waals surface area (Å²) >= 11 is 0. The molecule has 0 unspecified atom stereocenters. The molecule has 0 atom stereocenters. The van der Waals surface area contributed by atoms with Gasteiger partial charge in [-0.1, -0.05) is 62.4 Å². The van der Waals surface area contributed by atoms with Gasteiger partial charge < -0.3 is 16.2 Å². The second kappa shape index (κ2) is 8.17. The van der Waals surface area contributed by atoms with Crippen LogP contribution < -0.4 is 16.2 Å². The van der Waals surface area contributed by atoms with Crippen LogP contribution in [0.2, 0.25) is 0 Å². The fraction of sp³-hybridized carbons (Fsp3) is 0.217. The van der Waals surface area contributed by atoms with E-state index in [1.807, 2.05) is 36.4 Å². The zero-order valence-electron chi connectivity index (χ0n) is 15.4. The highest BCUT2D eigenvalue weighted by molar-refractivity contribution is 5.65. The molecule has 0 aliphatic carbocycles. The summed E-state index contributed by atoms with van der Waals surface area (Å²) in [6.07, 6.45) is -0.463. The summed E-state index contributed by atoms with van der Waals surface area (Å²) in [6, 6.07) is 24.7. The van der Waals surface area contributed by atoms with E-state index in [9.17, 15) is 0 Å². The SMILES string of the molecule is CC(C)c1ccc(OCc2cccc(-c3cccc(C(N)N)c3)c2)cc1. The highest BCUT2D eigenvalue weighted by Crippen LogP contribution is 2.24. The molecule has 0 saturated heterocycles. The summed E-state index contributed by atoms with van der Waals surface area (Å²) in [5.74, 6) is 1.41. The van der Waals surface area contributed by atoms with E-state index in [2.05, 4.69) is 50.2 Å². The molecule has 3 aromatic carbocycles. The molecule has 0 radical (unpaired) electrons. The molecule has 0 aliphatic heterocycles. The fourth-order valence-electron chi connectivity index (χ4n) is 2.88. The van der Waals surface area contributed by atoms with Crippen molar-refractivity contribution in [2.24, 2.45) is 11.5 Å². The van der Waals surface area contributed by atoms with Crippen molar-refractivity contribution >= 4 is 0 Å². The first kappa shape index (κ1) is 18.2. The number of benzene rings is 3. The van der Waals surface area contributed by atoms with Crippen molar-refractivity contribution in [1.82, 2.24) is 0 Å². The zero-order chi connectivity index (χ0) is 18.5. The van der Waals surface area contributed by atoms with E-state index in [0.29, 0.717) is 12.5 Å². The average Bonchev–Trinajstić information content (AvgIpc) is 2.67. The van der Waals surface area contributed by atoms with Gasteiger partial charge in [-0.05, 0) is 58.0 Å². The standard InChI is InChI=1S/C23H26N2O/c1-16(2)18-9-11-22(12-10-18)26-15-17-5-3-6-19(13-17)20-7-4-8-21(14-20)23(24)25/h3-14,16,23H,15,24-25H2,1-2H3. The molecule has 3 nitrogen and oxygen atoms in total. The van der Waals surface area contributed by atoms with E-state index in [1.165, 1.54) is 5.56 Å². The highest BCUT2D eigenvalue weighted by atomic mass is 16.5. The van der Waals surface area contributed by atoms with Crippen LogP contribution in [0.15, 0.2) is 72.8 Å². The van der Waals surface area contributed by atoms with Crippen molar-refractivity contribution in [3.8, 4) is 16.9 Å². The normalized spacial score (nSPS) is 11.2. The van der Waals surface area contributed by atoms with Gasteiger partial charge in [0.2, 0.25) is 0 Å². The van der Waals surface area contributed by atoms with Crippen LogP contribution in [-0.2, 0) is 6.61 Å². The van der Waals surface area contributed by atoms with Crippen LogP contribution in [0.25, 0.3) is 11.1 Å². The van der Waals surface area contributed by atoms with Gasteiger partial charge in [-0.15, -0.1) is 0 Å². The molecule has 3 rings (SSSR count). The van der Waals surface area contributed by atoms with Gasteiger partial charge in [-0.3, -0.25) is 0 Å². The summed E-state index contributed by atoms with van der Waals surface area (Å²) in [4.78, 5) is 0. The molecule has 0 spiro atoms. The first-order chi connectivity index (χ1) is 12.5. The lowest BCUT2D eigenvalue weighted by molar-refractivity contribution is 0.306. The quantitative estimate of drug-likeness (QED) is 0.619. The third-order valence-corrected chi connectivity index (χ3v) is 4.48. The Labute approximate surface area is 155 Å². The summed E-state index contributed by atoms with van der Waals surface area (Å²) < 4.78 is 5.94. The molecular formula is C23H26N2O. The van der Waals surface area contributed by atoms with Crippen LogP contribution in [0.1, 0.15) is 42.6 Å². The van der Waals surface area contributed by atoms with E-state index in [0.717, 1.165) is 28.0 Å². The number of nitrogens with two attached hydrogens (primary N) is 2. The molecule has 0 bridgehead atoms. The van der Waals surface area contributed by atoms with E-state index in [1.54, 1.807) is 0 Å². The molecule has 0 aromatic heterocycles. The van der Waals surface area contributed by atoms with Crippen molar-refractivity contribution < 1.29 is 4.74 Å². The van der Waals surface area contributed by atoms with Crippen molar-refractivity contribution in [2.75, 3.05) is 0 Å². The Bertz CT molecular complexity index is 854. The first-order valence-corrected chi connectivity index (χ1v) is 8.96. The molecule has 0 heterocycles. The molecule has 3 heteroatoms. The molecule has 0 aliphatic rings. The van der Waals surface area contributed by atoms with Gasteiger partial charge in [0, 0.05) is 0 Å². The minimum absolute atomic E-state index is 0.463. The maximum Gasteiger partial charge on any atom is 0.119 e. The van der Waals surface area contributed by atoms with Crippen LogP contribution in [-0.4, -0.2) is 0 Å². The van der Waals surface area contributed by atoms with Crippen LogP contribution >= 0.6 is 0 Å². The Morgan fingerprint density at radius 1 is 0.769 bits per heavy atom. The maximum atomic E-state index is 5.94. The van der Waals surface area contributed by atoms with Crippen LogP contribution in [0.4, 0.5) is 0 Å². The minimum Gasteiger partial charge on any atom is -0.489 e. The van der Waals surface area contributed by atoms with E-state index < -0.39 is 6.17 Å². The third-order valence-electron chi connectivity index (χ3n) is 4.48. The molecule has 26 heavy (non-hydrogen) atoms. The molecule has 0 fully saturated rings. The maximum absolute atomic E-state index is 5.94. The second-order valence-electron chi connectivity index (χ2n) is 6.86. The largest absolute Gasteiger partial charge is 0.489 e. The molecule has 0 saturated carbocycles. The highest BCUT2D eigenvalue weighted by Gasteiger charge is 2.05. The summed E-state index contributed by atoms with van der Waals surface area (Å²) in [5.41, 5.74) is 17.2. The molecule has 134 valence electrons. The van der Waals surface area contributed by atoms with Crippen molar-refractivity contribution in [3.05, 3.63) is 89.5 Å². The third kappa shape index (κ3) is 4.51. The van der Waals surface area contributed by atoms with Crippen LogP contribution in [0.5, 0.6) is 5.75 Å². The topological polar surface area (TPSA) is 61.3 Å². The Morgan fingerprint density at radius 3 is 2.08 bits per heavy atom. The van der Waals surface area contributed by atoms with Crippen molar-refractivity contribution in [1.29, 1.82) is 0 Å². The van der Waals surface area contributed by atoms with Gasteiger partial charge >= 0.3 is 0 Å². The van der Waals surface area contributed by atoms with Crippen molar-refractivity contribution in [2.45, 2.75) is 32.5 Å². The summed E-state index contributed by atoms with van der Waals surface area (Å²) in [7, 11) is 0. The number of hydrogen-bond acceptors (Lipinski definition) is 3. The van der Waals surface area contributed by atoms with E-state index in [4.69, 9.17) is 16.2 Å².